The quantitative estimate of drug-likeness (QED) is 0.729. The molecule has 0 saturated heterocycles. The van der Waals surface area contributed by atoms with Gasteiger partial charge in [-0.25, -0.2) is 0 Å². The molecule has 2 heteroatoms. The molecule has 4 fully saturated rings. The molecule has 0 spiro atoms. The minimum atomic E-state index is 0.645. The Bertz CT molecular complexity index is 299. The first kappa shape index (κ1) is 15.8. The zero-order valence-electron chi connectivity index (χ0n) is 14.5. The fraction of sp³-hybridized carbons (Fsp3) is 1.00. The minimum Gasteiger partial charge on any atom is -0.312 e. The summed E-state index contributed by atoms with van der Waals surface area (Å²) in [7, 11) is 0. The Kier molecular flexibility index (Phi) is 4.95. The molecule has 4 aliphatic carbocycles. The van der Waals surface area contributed by atoms with Crippen LogP contribution in [0.1, 0.15) is 65.7 Å². The van der Waals surface area contributed by atoms with Crippen molar-refractivity contribution in [2.75, 3.05) is 26.2 Å². The molecule has 1 N–H and O–H groups in total. The molecule has 0 aliphatic heterocycles. The van der Waals surface area contributed by atoms with Gasteiger partial charge in [-0.15, -0.1) is 0 Å². The number of rotatable bonds is 8. The Balaban J connectivity index is 1.74. The first-order valence-electron chi connectivity index (χ1n) is 9.64. The summed E-state index contributed by atoms with van der Waals surface area (Å²) in [5.41, 5.74) is 0.645. The molecule has 4 bridgehead atoms. The Morgan fingerprint density at radius 1 is 0.952 bits per heavy atom. The van der Waals surface area contributed by atoms with Crippen molar-refractivity contribution in [3.63, 3.8) is 0 Å². The third-order valence-corrected chi connectivity index (χ3v) is 6.80. The normalized spacial score (nSPS) is 39.1. The van der Waals surface area contributed by atoms with E-state index in [1.165, 1.54) is 51.9 Å². The predicted molar refractivity (Wildman–Crippen MR) is 90.5 cm³/mol. The monoisotopic (exact) mass is 292 g/mol. The molecular weight excluding hydrogens is 256 g/mol. The molecule has 0 amide bonds. The molecule has 1 atom stereocenters. The highest BCUT2D eigenvalue weighted by molar-refractivity contribution is 5.06. The first-order valence-corrected chi connectivity index (χ1v) is 9.64. The lowest BCUT2D eigenvalue weighted by atomic mass is 9.47. The summed E-state index contributed by atoms with van der Waals surface area (Å²) < 4.78 is 0. The summed E-state index contributed by atoms with van der Waals surface area (Å²) in [4.78, 5) is 2.64. The highest BCUT2D eigenvalue weighted by atomic mass is 15.1. The van der Waals surface area contributed by atoms with Crippen LogP contribution in [0.2, 0.25) is 0 Å². The maximum Gasteiger partial charge on any atom is 0.0251 e. The van der Waals surface area contributed by atoms with Gasteiger partial charge in [0, 0.05) is 12.6 Å². The molecular formula is C19H36N2. The van der Waals surface area contributed by atoms with E-state index in [2.05, 4.69) is 31.0 Å². The first-order chi connectivity index (χ1) is 10.2. The molecule has 2 nitrogen and oxygen atoms in total. The van der Waals surface area contributed by atoms with Gasteiger partial charge in [0.1, 0.15) is 0 Å². The summed E-state index contributed by atoms with van der Waals surface area (Å²) in [5, 5.41) is 3.98. The third kappa shape index (κ3) is 3.17. The van der Waals surface area contributed by atoms with Crippen LogP contribution in [0.15, 0.2) is 0 Å². The second-order valence-corrected chi connectivity index (χ2v) is 8.27. The van der Waals surface area contributed by atoms with Gasteiger partial charge in [0.2, 0.25) is 0 Å². The van der Waals surface area contributed by atoms with E-state index in [4.69, 9.17) is 0 Å². The van der Waals surface area contributed by atoms with Gasteiger partial charge >= 0.3 is 0 Å². The minimum absolute atomic E-state index is 0.645. The van der Waals surface area contributed by atoms with Gasteiger partial charge < -0.3 is 10.2 Å². The molecule has 21 heavy (non-hydrogen) atoms. The van der Waals surface area contributed by atoms with Crippen LogP contribution >= 0.6 is 0 Å². The van der Waals surface area contributed by atoms with Gasteiger partial charge in [-0.1, -0.05) is 20.8 Å². The topological polar surface area (TPSA) is 15.3 Å². The SMILES string of the molecule is CCCNC(CN(CC)CC)C12CC3CC(CC(C3)C1)C2. The summed E-state index contributed by atoms with van der Waals surface area (Å²) in [6, 6.07) is 0.741. The van der Waals surface area contributed by atoms with Gasteiger partial charge in [-0.3, -0.25) is 0 Å². The lowest BCUT2D eigenvalue weighted by Gasteiger charge is -2.60. The molecule has 4 aliphatic rings. The van der Waals surface area contributed by atoms with Crippen molar-refractivity contribution < 1.29 is 0 Å². The van der Waals surface area contributed by atoms with Crippen LogP contribution in [0.3, 0.4) is 0 Å². The second-order valence-electron chi connectivity index (χ2n) is 8.27. The smallest absolute Gasteiger partial charge is 0.0251 e. The van der Waals surface area contributed by atoms with Crippen LogP contribution in [0.5, 0.6) is 0 Å². The molecule has 1 unspecified atom stereocenters. The average molecular weight is 293 g/mol. The van der Waals surface area contributed by atoms with E-state index in [1.807, 2.05) is 0 Å². The van der Waals surface area contributed by atoms with E-state index in [9.17, 15) is 0 Å². The summed E-state index contributed by atoms with van der Waals surface area (Å²) in [5.74, 6) is 3.21. The van der Waals surface area contributed by atoms with Crippen LogP contribution in [0, 0.1) is 23.2 Å². The summed E-state index contributed by atoms with van der Waals surface area (Å²) >= 11 is 0. The Labute approximate surface area is 132 Å². The van der Waals surface area contributed by atoms with Crippen molar-refractivity contribution in [1.82, 2.24) is 10.2 Å². The van der Waals surface area contributed by atoms with E-state index in [-0.39, 0.29) is 0 Å². The zero-order valence-corrected chi connectivity index (χ0v) is 14.5. The van der Waals surface area contributed by atoms with Gasteiger partial charge in [-0.05, 0) is 87.7 Å². The summed E-state index contributed by atoms with van der Waals surface area (Å²) in [6.07, 6.45) is 10.5. The predicted octanol–water partition coefficient (Wildman–Crippen LogP) is 3.91. The Hall–Kier alpha value is -0.0800. The van der Waals surface area contributed by atoms with Gasteiger partial charge in [0.15, 0.2) is 0 Å². The number of hydrogen-bond acceptors (Lipinski definition) is 2. The van der Waals surface area contributed by atoms with Crippen molar-refractivity contribution in [3.8, 4) is 0 Å². The van der Waals surface area contributed by atoms with Crippen LogP contribution in [0.4, 0.5) is 0 Å². The maximum absolute atomic E-state index is 3.98. The van der Waals surface area contributed by atoms with Crippen LogP contribution in [0.25, 0.3) is 0 Å². The fourth-order valence-corrected chi connectivity index (χ4v) is 6.14. The van der Waals surface area contributed by atoms with Gasteiger partial charge in [0.25, 0.3) is 0 Å². The standard InChI is InChI=1S/C19H36N2/c1-4-7-20-18(14-21(5-2)6-3)19-11-15-8-16(12-19)10-17(9-15)13-19/h15-18,20H,4-14H2,1-3H3. The van der Waals surface area contributed by atoms with Crippen LogP contribution < -0.4 is 5.32 Å². The molecule has 0 radical (unpaired) electrons. The molecule has 0 aromatic heterocycles. The van der Waals surface area contributed by atoms with E-state index in [0.717, 1.165) is 23.8 Å². The third-order valence-electron chi connectivity index (χ3n) is 6.80. The van der Waals surface area contributed by atoms with Crippen molar-refractivity contribution in [2.45, 2.75) is 71.8 Å². The van der Waals surface area contributed by atoms with Gasteiger partial charge in [0.05, 0.1) is 0 Å². The fourth-order valence-electron chi connectivity index (χ4n) is 6.14. The van der Waals surface area contributed by atoms with Crippen molar-refractivity contribution in [1.29, 1.82) is 0 Å². The van der Waals surface area contributed by atoms with Gasteiger partial charge in [-0.2, -0.15) is 0 Å². The number of nitrogens with one attached hydrogen (secondary N) is 1. The second kappa shape index (κ2) is 6.58. The Morgan fingerprint density at radius 3 is 1.90 bits per heavy atom. The molecule has 122 valence electrons. The lowest BCUT2D eigenvalue weighted by molar-refractivity contribution is -0.0784. The number of hydrogen-bond donors (Lipinski definition) is 1. The molecule has 0 aromatic carbocycles. The molecule has 0 heterocycles. The maximum atomic E-state index is 3.98. The van der Waals surface area contributed by atoms with E-state index < -0.39 is 0 Å². The molecule has 4 saturated carbocycles. The lowest BCUT2D eigenvalue weighted by Crippen LogP contribution is -2.59. The van der Waals surface area contributed by atoms with Crippen molar-refractivity contribution >= 4 is 0 Å². The number of nitrogens with zero attached hydrogens (tertiary/aromatic N) is 1. The zero-order chi connectivity index (χ0) is 14.9. The highest BCUT2D eigenvalue weighted by Crippen LogP contribution is 2.61. The van der Waals surface area contributed by atoms with E-state index in [0.29, 0.717) is 5.41 Å². The largest absolute Gasteiger partial charge is 0.312 e. The van der Waals surface area contributed by atoms with E-state index in [1.54, 1.807) is 19.3 Å². The van der Waals surface area contributed by atoms with Crippen molar-refractivity contribution in [2.24, 2.45) is 23.2 Å². The highest BCUT2D eigenvalue weighted by Gasteiger charge is 2.54. The van der Waals surface area contributed by atoms with Crippen molar-refractivity contribution in [3.05, 3.63) is 0 Å². The summed E-state index contributed by atoms with van der Waals surface area (Å²) in [6.45, 7) is 11.8. The average Bonchev–Trinajstić information content (AvgIpc) is 2.46. The number of likely N-dealkylation sites (N-methyl/N-ethyl adjacent to an activating group) is 1. The Morgan fingerprint density at radius 2 is 1.48 bits per heavy atom. The van der Waals surface area contributed by atoms with Crippen LogP contribution in [-0.2, 0) is 0 Å². The molecule has 0 aromatic rings. The van der Waals surface area contributed by atoms with E-state index >= 15 is 0 Å². The van der Waals surface area contributed by atoms with Crippen LogP contribution in [-0.4, -0.2) is 37.1 Å². The molecule has 4 rings (SSSR count).